The molecule has 0 saturated carbocycles. The van der Waals surface area contributed by atoms with Crippen LogP contribution < -0.4 is 5.73 Å². The topological polar surface area (TPSA) is 43.3 Å². The van der Waals surface area contributed by atoms with Crippen LogP contribution in [0.4, 0.5) is 5.69 Å². The lowest BCUT2D eigenvalue weighted by molar-refractivity contribution is 1.09. The van der Waals surface area contributed by atoms with E-state index in [0.29, 0.717) is 5.69 Å². The van der Waals surface area contributed by atoms with Crippen LogP contribution in [0.15, 0.2) is 36.5 Å². The van der Waals surface area contributed by atoms with E-state index in [9.17, 15) is 0 Å². The van der Waals surface area contributed by atoms with Gasteiger partial charge in [0.1, 0.15) is 0 Å². The van der Waals surface area contributed by atoms with E-state index < -0.39 is 0 Å². The number of hydrogen-bond acceptors (Lipinski definition) is 2. The first-order valence-corrected chi connectivity index (χ1v) is 6.45. The van der Waals surface area contributed by atoms with E-state index in [1.165, 1.54) is 0 Å². The SMILES string of the molecule is Cc1cc(N)c2nc(-c3ccc(Cl)cc3)c(C)n2c1. The monoisotopic (exact) mass is 271 g/mol. The van der Waals surface area contributed by atoms with Gasteiger partial charge in [-0.25, -0.2) is 4.98 Å². The van der Waals surface area contributed by atoms with Crippen LogP contribution in [0.2, 0.25) is 5.02 Å². The molecule has 3 nitrogen and oxygen atoms in total. The predicted molar refractivity (Wildman–Crippen MR) is 79.5 cm³/mol. The third kappa shape index (κ3) is 1.96. The molecule has 0 fully saturated rings. The Morgan fingerprint density at radius 2 is 1.84 bits per heavy atom. The summed E-state index contributed by atoms with van der Waals surface area (Å²) < 4.78 is 2.04. The zero-order chi connectivity index (χ0) is 13.6. The molecule has 2 N–H and O–H groups in total. The number of fused-ring (bicyclic) bond motifs is 1. The number of rotatable bonds is 1. The average molecular weight is 272 g/mol. The van der Waals surface area contributed by atoms with Gasteiger partial charge in [-0.1, -0.05) is 23.7 Å². The van der Waals surface area contributed by atoms with Gasteiger partial charge in [-0.2, -0.15) is 0 Å². The first-order valence-electron chi connectivity index (χ1n) is 6.07. The number of hydrogen-bond donors (Lipinski definition) is 1. The van der Waals surface area contributed by atoms with Crippen LogP contribution in [0.25, 0.3) is 16.9 Å². The van der Waals surface area contributed by atoms with Crippen molar-refractivity contribution in [2.75, 3.05) is 5.73 Å². The molecule has 0 aliphatic carbocycles. The number of nitrogens with two attached hydrogens (primary N) is 1. The van der Waals surface area contributed by atoms with Crippen LogP contribution in [0, 0.1) is 13.8 Å². The van der Waals surface area contributed by atoms with Gasteiger partial charge >= 0.3 is 0 Å². The van der Waals surface area contributed by atoms with Gasteiger partial charge in [-0.05, 0) is 37.6 Å². The summed E-state index contributed by atoms with van der Waals surface area (Å²) in [5, 5.41) is 0.723. The van der Waals surface area contributed by atoms with E-state index in [1.807, 2.05) is 54.8 Å². The maximum Gasteiger partial charge on any atom is 0.160 e. The lowest BCUT2D eigenvalue weighted by Crippen LogP contribution is -1.95. The third-order valence-electron chi connectivity index (χ3n) is 3.24. The fraction of sp³-hybridized carbons (Fsp3) is 0.133. The Morgan fingerprint density at radius 3 is 2.53 bits per heavy atom. The molecule has 4 heteroatoms. The van der Waals surface area contributed by atoms with Crippen LogP contribution in [0.3, 0.4) is 0 Å². The van der Waals surface area contributed by atoms with Crippen molar-refractivity contribution in [3.63, 3.8) is 0 Å². The second kappa shape index (κ2) is 4.28. The highest BCUT2D eigenvalue weighted by Gasteiger charge is 2.12. The smallest absolute Gasteiger partial charge is 0.160 e. The Kier molecular flexibility index (Phi) is 2.72. The van der Waals surface area contributed by atoms with Crippen molar-refractivity contribution in [2.45, 2.75) is 13.8 Å². The Balaban J connectivity index is 2.28. The largest absolute Gasteiger partial charge is 0.396 e. The molecule has 0 saturated heterocycles. The molecule has 0 aliphatic rings. The summed E-state index contributed by atoms with van der Waals surface area (Å²) in [6.45, 7) is 4.07. The molecule has 0 amide bonds. The van der Waals surface area contributed by atoms with Crippen LogP contribution in [-0.2, 0) is 0 Å². The predicted octanol–water partition coefficient (Wildman–Crippen LogP) is 3.85. The summed E-state index contributed by atoms with van der Waals surface area (Å²) >= 11 is 5.92. The minimum Gasteiger partial charge on any atom is -0.396 e. The summed E-state index contributed by atoms with van der Waals surface area (Å²) in [6, 6.07) is 9.62. The number of anilines is 1. The van der Waals surface area contributed by atoms with Crippen molar-refractivity contribution in [1.29, 1.82) is 0 Å². The number of nitrogen functional groups attached to an aromatic ring is 1. The summed E-state index contributed by atoms with van der Waals surface area (Å²) in [4.78, 5) is 4.65. The Labute approximate surface area is 116 Å². The normalized spacial score (nSPS) is 11.1. The zero-order valence-electron chi connectivity index (χ0n) is 10.8. The van der Waals surface area contributed by atoms with Crippen molar-refractivity contribution >= 4 is 22.9 Å². The third-order valence-corrected chi connectivity index (χ3v) is 3.49. The first kappa shape index (κ1) is 12.1. The van der Waals surface area contributed by atoms with Crippen LogP contribution in [-0.4, -0.2) is 9.38 Å². The molecule has 3 rings (SSSR count). The van der Waals surface area contributed by atoms with Gasteiger partial charge in [-0.3, -0.25) is 0 Å². The van der Waals surface area contributed by atoms with Gasteiger partial charge in [0.15, 0.2) is 5.65 Å². The standard InChI is InChI=1S/C15H14ClN3/c1-9-7-13(17)15-18-14(10(2)19(15)8-9)11-3-5-12(16)6-4-11/h3-8H,17H2,1-2H3. The highest BCUT2D eigenvalue weighted by atomic mass is 35.5. The summed E-state index contributed by atoms with van der Waals surface area (Å²) in [5.41, 5.74) is 11.7. The van der Waals surface area contributed by atoms with Gasteiger partial charge in [0.05, 0.1) is 11.4 Å². The number of halogens is 1. The van der Waals surface area contributed by atoms with Crippen molar-refractivity contribution < 1.29 is 0 Å². The zero-order valence-corrected chi connectivity index (χ0v) is 11.6. The Morgan fingerprint density at radius 1 is 1.16 bits per heavy atom. The maximum absolute atomic E-state index is 6.04. The van der Waals surface area contributed by atoms with Gasteiger partial charge in [0.2, 0.25) is 0 Å². The number of nitrogens with zero attached hydrogens (tertiary/aromatic N) is 2. The minimum atomic E-state index is 0.698. The Bertz CT molecular complexity index is 757. The Hall–Kier alpha value is -2.00. The molecule has 0 unspecified atom stereocenters. The van der Waals surface area contributed by atoms with E-state index in [4.69, 9.17) is 17.3 Å². The van der Waals surface area contributed by atoms with Gasteiger partial charge in [0, 0.05) is 22.5 Å². The molecular formula is C15H14ClN3. The van der Waals surface area contributed by atoms with Crippen LogP contribution >= 0.6 is 11.6 Å². The summed E-state index contributed by atoms with van der Waals surface area (Å²) in [7, 11) is 0. The minimum absolute atomic E-state index is 0.698. The van der Waals surface area contributed by atoms with E-state index in [2.05, 4.69) is 4.98 Å². The average Bonchev–Trinajstić information content (AvgIpc) is 2.69. The van der Waals surface area contributed by atoms with Crippen molar-refractivity contribution in [3.05, 3.63) is 52.8 Å². The van der Waals surface area contributed by atoms with Gasteiger partial charge in [-0.15, -0.1) is 0 Å². The number of pyridine rings is 1. The van der Waals surface area contributed by atoms with E-state index in [1.54, 1.807) is 0 Å². The van der Waals surface area contributed by atoms with Crippen LogP contribution in [0.1, 0.15) is 11.3 Å². The second-order valence-corrected chi connectivity index (χ2v) is 5.16. The van der Waals surface area contributed by atoms with E-state index in [-0.39, 0.29) is 0 Å². The lowest BCUT2D eigenvalue weighted by atomic mass is 10.1. The number of imidazole rings is 1. The molecule has 0 aliphatic heterocycles. The van der Waals surface area contributed by atoms with E-state index >= 15 is 0 Å². The molecule has 96 valence electrons. The second-order valence-electron chi connectivity index (χ2n) is 4.72. The summed E-state index contributed by atoms with van der Waals surface area (Å²) in [5.74, 6) is 0. The highest BCUT2D eigenvalue weighted by Crippen LogP contribution is 2.27. The van der Waals surface area contributed by atoms with Crippen molar-refractivity contribution in [1.82, 2.24) is 9.38 Å². The first-order chi connectivity index (χ1) is 9.06. The molecule has 0 spiro atoms. The number of benzene rings is 1. The van der Waals surface area contributed by atoms with Crippen LogP contribution in [0.5, 0.6) is 0 Å². The molecule has 2 aromatic heterocycles. The molecule has 19 heavy (non-hydrogen) atoms. The summed E-state index contributed by atoms with van der Waals surface area (Å²) in [6.07, 6.45) is 2.05. The molecule has 1 aromatic carbocycles. The van der Waals surface area contributed by atoms with Gasteiger partial charge < -0.3 is 10.1 Å². The fourth-order valence-corrected chi connectivity index (χ4v) is 2.43. The van der Waals surface area contributed by atoms with E-state index in [0.717, 1.165) is 33.2 Å². The fourth-order valence-electron chi connectivity index (χ4n) is 2.31. The highest BCUT2D eigenvalue weighted by molar-refractivity contribution is 6.30. The lowest BCUT2D eigenvalue weighted by Gasteiger charge is -2.02. The number of aromatic nitrogens is 2. The molecule has 0 radical (unpaired) electrons. The quantitative estimate of drug-likeness (QED) is 0.730. The molecule has 0 bridgehead atoms. The van der Waals surface area contributed by atoms with Crippen molar-refractivity contribution in [2.24, 2.45) is 0 Å². The molecule has 2 heterocycles. The van der Waals surface area contributed by atoms with Gasteiger partial charge in [0.25, 0.3) is 0 Å². The molecule has 0 atom stereocenters. The van der Waals surface area contributed by atoms with Crippen molar-refractivity contribution in [3.8, 4) is 11.3 Å². The maximum atomic E-state index is 6.04. The molecule has 3 aromatic rings. The number of aryl methyl sites for hydroxylation is 2. The molecular weight excluding hydrogens is 258 g/mol.